The molecule has 5 nitrogen and oxygen atoms in total. The van der Waals surface area contributed by atoms with Gasteiger partial charge in [-0.05, 0) is 30.6 Å². The molecule has 0 aliphatic carbocycles. The molecule has 1 rings (SSSR count). The number of thioether (sulfide) groups is 1. The third-order valence-electron chi connectivity index (χ3n) is 2.60. The van der Waals surface area contributed by atoms with Crippen molar-refractivity contribution in [2.24, 2.45) is 0 Å². The van der Waals surface area contributed by atoms with E-state index in [2.05, 4.69) is 10.6 Å². The first kappa shape index (κ1) is 17.0. The summed E-state index contributed by atoms with van der Waals surface area (Å²) in [6.07, 6.45) is 4.85. The zero-order valence-corrected chi connectivity index (χ0v) is 12.3. The van der Waals surface area contributed by atoms with Gasteiger partial charge in [0, 0.05) is 11.8 Å². The summed E-state index contributed by atoms with van der Waals surface area (Å²) < 4.78 is 13.3. The number of amides is 2. The first-order valence-corrected chi connectivity index (χ1v) is 7.64. The van der Waals surface area contributed by atoms with E-state index in [-0.39, 0.29) is 0 Å². The van der Waals surface area contributed by atoms with Crippen molar-refractivity contribution >= 4 is 29.8 Å². The van der Waals surface area contributed by atoms with E-state index in [1.165, 1.54) is 30.1 Å². The highest BCUT2D eigenvalue weighted by Gasteiger charge is 2.18. The quantitative estimate of drug-likeness (QED) is 0.722. The van der Waals surface area contributed by atoms with Gasteiger partial charge in [-0.1, -0.05) is 18.2 Å². The molecule has 0 saturated carbocycles. The number of urea groups is 1. The summed E-state index contributed by atoms with van der Waals surface area (Å²) in [7, 11) is 0. The molecule has 0 radical (unpaired) electrons. The fourth-order valence-corrected chi connectivity index (χ4v) is 1.98. The number of rotatable bonds is 7. The van der Waals surface area contributed by atoms with Gasteiger partial charge in [0.2, 0.25) is 0 Å². The van der Waals surface area contributed by atoms with E-state index in [1.54, 1.807) is 18.2 Å². The monoisotopic (exact) mass is 312 g/mol. The average molecular weight is 312 g/mol. The van der Waals surface area contributed by atoms with E-state index in [9.17, 15) is 14.0 Å². The first-order valence-electron chi connectivity index (χ1n) is 6.24. The minimum atomic E-state index is -1.09. The number of carbonyl (C=O) groups is 2. The number of hydrogen-bond acceptors (Lipinski definition) is 3. The minimum absolute atomic E-state index is 0.329. The highest BCUT2D eigenvalue weighted by atomic mass is 32.2. The molecule has 0 aliphatic heterocycles. The Balaban J connectivity index is 2.49. The number of carboxylic acid groups (broad SMARTS) is 1. The van der Waals surface area contributed by atoms with Crippen LogP contribution in [0.15, 0.2) is 30.5 Å². The van der Waals surface area contributed by atoms with Crippen LogP contribution >= 0.6 is 11.8 Å². The number of benzene rings is 1. The van der Waals surface area contributed by atoms with Crippen molar-refractivity contribution in [1.29, 1.82) is 0 Å². The van der Waals surface area contributed by atoms with Crippen LogP contribution in [0.3, 0.4) is 0 Å². The predicted octanol–water partition coefficient (Wildman–Crippen LogP) is 2.30. The molecular weight excluding hydrogens is 295 g/mol. The molecule has 1 aromatic rings. The SMILES string of the molecule is CSCCC(NC(=O)N/C=C/c1ccccc1F)C(=O)O. The molecule has 0 saturated heterocycles. The van der Waals surface area contributed by atoms with E-state index in [0.717, 1.165) is 0 Å². The van der Waals surface area contributed by atoms with Crippen molar-refractivity contribution in [2.45, 2.75) is 12.5 Å². The van der Waals surface area contributed by atoms with Crippen molar-refractivity contribution in [2.75, 3.05) is 12.0 Å². The summed E-state index contributed by atoms with van der Waals surface area (Å²) in [4.78, 5) is 22.5. The third-order valence-corrected chi connectivity index (χ3v) is 3.24. The average Bonchev–Trinajstić information content (AvgIpc) is 2.45. The number of aliphatic carboxylic acids is 1. The number of nitrogens with one attached hydrogen (secondary N) is 2. The maximum absolute atomic E-state index is 13.3. The van der Waals surface area contributed by atoms with E-state index < -0.39 is 23.9 Å². The van der Waals surface area contributed by atoms with E-state index in [4.69, 9.17) is 5.11 Å². The Kier molecular flexibility index (Phi) is 7.31. The van der Waals surface area contributed by atoms with E-state index >= 15 is 0 Å². The molecule has 2 amide bonds. The van der Waals surface area contributed by atoms with E-state index in [1.807, 2.05) is 6.26 Å². The Bertz CT molecular complexity index is 523. The molecular formula is C14H17FN2O3S. The predicted molar refractivity (Wildman–Crippen MR) is 81.5 cm³/mol. The highest BCUT2D eigenvalue weighted by Crippen LogP contribution is 2.07. The van der Waals surface area contributed by atoms with Gasteiger partial charge in [0.05, 0.1) is 0 Å². The molecule has 0 bridgehead atoms. The van der Waals surface area contributed by atoms with Crippen LogP contribution in [-0.2, 0) is 4.79 Å². The van der Waals surface area contributed by atoms with Crippen molar-refractivity contribution in [3.05, 3.63) is 41.8 Å². The van der Waals surface area contributed by atoms with Crippen molar-refractivity contribution in [1.82, 2.24) is 10.6 Å². The lowest BCUT2D eigenvalue weighted by Crippen LogP contribution is -2.44. The number of carboxylic acids is 1. The maximum Gasteiger partial charge on any atom is 0.326 e. The van der Waals surface area contributed by atoms with Gasteiger partial charge in [-0.15, -0.1) is 0 Å². The number of halogens is 1. The maximum atomic E-state index is 13.3. The highest BCUT2D eigenvalue weighted by molar-refractivity contribution is 7.98. The van der Waals surface area contributed by atoms with Gasteiger partial charge in [-0.3, -0.25) is 0 Å². The van der Waals surface area contributed by atoms with Crippen LogP contribution in [0.25, 0.3) is 6.08 Å². The molecule has 0 heterocycles. The molecule has 21 heavy (non-hydrogen) atoms. The van der Waals surface area contributed by atoms with Crippen LogP contribution in [0.2, 0.25) is 0 Å². The molecule has 0 spiro atoms. The van der Waals surface area contributed by atoms with Gasteiger partial charge in [-0.2, -0.15) is 11.8 Å². The Morgan fingerprint density at radius 3 is 2.76 bits per heavy atom. The van der Waals surface area contributed by atoms with E-state index in [0.29, 0.717) is 17.7 Å². The third kappa shape index (κ3) is 6.31. The molecule has 1 unspecified atom stereocenters. The van der Waals surface area contributed by atoms with Crippen LogP contribution in [0.4, 0.5) is 9.18 Å². The van der Waals surface area contributed by atoms with Gasteiger partial charge < -0.3 is 15.7 Å². The second kappa shape index (κ2) is 9.02. The smallest absolute Gasteiger partial charge is 0.326 e. The number of hydrogen-bond donors (Lipinski definition) is 3. The first-order chi connectivity index (χ1) is 10.0. The number of carbonyl (C=O) groups excluding carboxylic acids is 1. The summed E-state index contributed by atoms with van der Waals surface area (Å²) >= 11 is 1.50. The Hall–Kier alpha value is -2.02. The van der Waals surface area contributed by atoms with Gasteiger partial charge in [0.15, 0.2) is 0 Å². The molecule has 0 aromatic heterocycles. The van der Waals surface area contributed by atoms with Crippen molar-refractivity contribution in [3.8, 4) is 0 Å². The van der Waals surface area contributed by atoms with Crippen LogP contribution in [-0.4, -0.2) is 35.2 Å². The molecule has 0 fully saturated rings. The van der Waals surface area contributed by atoms with Crippen LogP contribution in [0.5, 0.6) is 0 Å². The summed E-state index contributed by atoms with van der Waals surface area (Å²) in [6, 6.07) is 4.52. The second-order valence-corrected chi connectivity index (χ2v) is 5.13. The van der Waals surface area contributed by atoms with Crippen LogP contribution in [0.1, 0.15) is 12.0 Å². The fourth-order valence-electron chi connectivity index (χ4n) is 1.51. The summed E-state index contributed by atoms with van der Waals surface area (Å²) in [5, 5.41) is 13.7. The summed E-state index contributed by atoms with van der Waals surface area (Å²) in [5.41, 5.74) is 0.329. The van der Waals surface area contributed by atoms with Crippen LogP contribution < -0.4 is 10.6 Å². The van der Waals surface area contributed by atoms with Gasteiger partial charge in [0.1, 0.15) is 11.9 Å². The lowest BCUT2D eigenvalue weighted by molar-refractivity contribution is -0.139. The second-order valence-electron chi connectivity index (χ2n) is 4.14. The van der Waals surface area contributed by atoms with Crippen molar-refractivity contribution in [3.63, 3.8) is 0 Å². The van der Waals surface area contributed by atoms with Gasteiger partial charge in [0.25, 0.3) is 0 Å². The Labute approximate surface area is 126 Å². The Morgan fingerprint density at radius 2 is 2.14 bits per heavy atom. The Morgan fingerprint density at radius 1 is 1.43 bits per heavy atom. The zero-order chi connectivity index (χ0) is 15.7. The molecule has 0 aliphatic rings. The molecule has 3 N–H and O–H groups in total. The van der Waals surface area contributed by atoms with Crippen molar-refractivity contribution < 1.29 is 19.1 Å². The lowest BCUT2D eigenvalue weighted by atomic mass is 10.2. The lowest BCUT2D eigenvalue weighted by Gasteiger charge is -2.13. The summed E-state index contributed by atoms with van der Waals surface area (Å²) in [6.45, 7) is 0. The standard InChI is InChI=1S/C14H17FN2O3S/c1-21-9-7-12(13(18)19)17-14(20)16-8-6-10-4-2-3-5-11(10)15/h2-6,8,12H,7,9H2,1H3,(H,18,19)(H2,16,17,20)/b8-6+. The normalized spacial score (nSPS) is 12.1. The molecule has 7 heteroatoms. The van der Waals surface area contributed by atoms with Crippen LogP contribution in [0, 0.1) is 5.82 Å². The molecule has 114 valence electrons. The minimum Gasteiger partial charge on any atom is -0.480 e. The molecule has 1 aromatic carbocycles. The van der Waals surface area contributed by atoms with Gasteiger partial charge in [-0.25, -0.2) is 14.0 Å². The largest absolute Gasteiger partial charge is 0.480 e. The fraction of sp³-hybridized carbons (Fsp3) is 0.286. The zero-order valence-electron chi connectivity index (χ0n) is 11.5. The van der Waals surface area contributed by atoms with Gasteiger partial charge >= 0.3 is 12.0 Å². The topological polar surface area (TPSA) is 78.4 Å². The summed E-state index contributed by atoms with van der Waals surface area (Å²) in [5.74, 6) is -0.862. The molecule has 1 atom stereocenters.